The Bertz CT molecular complexity index is 985. The number of amides is 1. The van der Waals surface area contributed by atoms with Crippen molar-refractivity contribution in [1.29, 1.82) is 0 Å². The molecule has 0 unspecified atom stereocenters. The Morgan fingerprint density at radius 3 is 2.64 bits per heavy atom. The monoisotopic (exact) mass is 414 g/mol. The van der Waals surface area contributed by atoms with Crippen LogP contribution in [0.2, 0.25) is 5.02 Å². The minimum absolute atomic E-state index is 0.291. The van der Waals surface area contributed by atoms with Crippen molar-refractivity contribution in [2.45, 2.75) is 26.4 Å². The summed E-state index contributed by atoms with van der Waals surface area (Å²) in [5, 5.41) is 5.44. The van der Waals surface area contributed by atoms with E-state index < -0.39 is 18.0 Å². The Hall–Kier alpha value is -2.70. The summed E-state index contributed by atoms with van der Waals surface area (Å²) in [6.45, 7) is 3.61. The molecule has 144 valence electrons. The van der Waals surface area contributed by atoms with Crippen LogP contribution in [0.15, 0.2) is 53.9 Å². The predicted molar refractivity (Wildman–Crippen MR) is 112 cm³/mol. The number of benzene rings is 2. The van der Waals surface area contributed by atoms with Gasteiger partial charge in [-0.25, -0.2) is 9.78 Å². The summed E-state index contributed by atoms with van der Waals surface area (Å²) in [7, 11) is 0. The number of hydrogen-bond donors (Lipinski definition) is 1. The molecule has 0 aliphatic rings. The molecule has 3 rings (SSSR count). The van der Waals surface area contributed by atoms with Crippen LogP contribution >= 0.6 is 22.9 Å². The molecule has 0 aliphatic heterocycles. The fraction of sp³-hybridized carbons (Fsp3) is 0.190. The second-order valence-corrected chi connectivity index (χ2v) is 7.43. The van der Waals surface area contributed by atoms with Crippen molar-refractivity contribution in [3.63, 3.8) is 0 Å². The molecule has 7 heteroatoms. The normalized spacial score (nSPS) is 11.7. The zero-order valence-corrected chi connectivity index (χ0v) is 17.0. The lowest BCUT2D eigenvalue weighted by molar-refractivity contribution is -0.123. The van der Waals surface area contributed by atoms with E-state index in [-0.39, 0.29) is 0 Å². The number of aromatic nitrogens is 1. The van der Waals surface area contributed by atoms with Gasteiger partial charge in [-0.2, -0.15) is 0 Å². The Morgan fingerprint density at radius 1 is 1.21 bits per heavy atom. The highest BCUT2D eigenvalue weighted by Crippen LogP contribution is 2.25. The molecule has 0 aliphatic carbocycles. The van der Waals surface area contributed by atoms with Gasteiger partial charge in [-0.05, 0) is 37.1 Å². The number of hydrogen-bond acceptors (Lipinski definition) is 5. The Morgan fingerprint density at radius 2 is 1.96 bits per heavy atom. The summed E-state index contributed by atoms with van der Waals surface area (Å²) in [6.07, 6.45) is 0.00688. The van der Waals surface area contributed by atoms with Gasteiger partial charge in [-0.3, -0.25) is 10.1 Å². The van der Waals surface area contributed by atoms with E-state index in [4.69, 9.17) is 16.3 Å². The van der Waals surface area contributed by atoms with E-state index in [0.29, 0.717) is 15.7 Å². The number of nitrogens with zero attached hydrogens (tertiary/aromatic N) is 1. The molecule has 5 nitrogen and oxygen atoms in total. The number of aryl methyl sites for hydroxylation is 1. The zero-order chi connectivity index (χ0) is 20.1. The van der Waals surface area contributed by atoms with Gasteiger partial charge in [0.05, 0.1) is 11.3 Å². The fourth-order valence-electron chi connectivity index (χ4n) is 2.48. The maximum absolute atomic E-state index is 12.3. The summed E-state index contributed by atoms with van der Waals surface area (Å²) >= 11 is 7.19. The van der Waals surface area contributed by atoms with Crippen molar-refractivity contribution in [3.8, 4) is 11.3 Å². The number of carbonyl (C=O) groups is 2. The number of halogens is 1. The third-order valence-electron chi connectivity index (χ3n) is 4.11. The zero-order valence-electron chi connectivity index (χ0n) is 15.4. The summed E-state index contributed by atoms with van der Waals surface area (Å²) in [6, 6.07) is 14.5. The molecule has 0 fully saturated rings. The van der Waals surface area contributed by atoms with Crippen molar-refractivity contribution < 1.29 is 14.3 Å². The van der Waals surface area contributed by atoms with Gasteiger partial charge in [-0.15, -0.1) is 11.3 Å². The largest absolute Gasteiger partial charge is 0.449 e. The molecule has 1 N–H and O–H groups in total. The molecule has 0 bridgehead atoms. The first-order valence-electron chi connectivity index (χ1n) is 8.78. The minimum Gasteiger partial charge on any atom is -0.449 e. The molecule has 0 saturated carbocycles. The second kappa shape index (κ2) is 8.99. The third kappa shape index (κ3) is 4.97. The van der Waals surface area contributed by atoms with Gasteiger partial charge in [0.25, 0.3) is 5.91 Å². The summed E-state index contributed by atoms with van der Waals surface area (Å²) < 4.78 is 5.21. The van der Waals surface area contributed by atoms with E-state index in [1.807, 2.05) is 17.5 Å². The summed E-state index contributed by atoms with van der Waals surface area (Å²) in [5.74, 6) is -1.06. The van der Waals surface area contributed by atoms with Crippen molar-refractivity contribution in [3.05, 3.63) is 70.1 Å². The molecule has 1 amide bonds. The van der Waals surface area contributed by atoms with E-state index in [2.05, 4.69) is 29.4 Å². The lowest BCUT2D eigenvalue weighted by atomic mass is 10.1. The van der Waals surface area contributed by atoms with Crippen LogP contribution in [0.1, 0.15) is 29.8 Å². The molecule has 0 radical (unpaired) electrons. The highest BCUT2D eigenvalue weighted by atomic mass is 35.5. The van der Waals surface area contributed by atoms with Crippen molar-refractivity contribution in [2.24, 2.45) is 0 Å². The molecule has 0 saturated heterocycles. The molecule has 28 heavy (non-hydrogen) atoms. The average molecular weight is 415 g/mol. The summed E-state index contributed by atoms with van der Waals surface area (Å²) in [4.78, 5) is 28.9. The van der Waals surface area contributed by atoms with Crippen LogP contribution in [0, 0.1) is 0 Å². The smallest absolute Gasteiger partial charge is 0.338 e. The minimum atomic E-state index is -0.970. The van der Waals surface area contributed by atoms with Crippen LogP contribution in [-0.4, -0.2) is 23.0 Å². The highest BCUT2D eigenvalue weighted by Gasteiger charge is 2.20. The van der Waals surface area contributed by atoms with Crippen LogP contribution in [0.3, 0.4) is 0 Å². The summed E-state index contributed by atoms with van der Waals surface area (Å²) in [5.41, 5.74) is 3.31. The number of esters is 1. The average Bonchev–Trinajstić information content (AvgIpc) is 3.16. The molecule has 0 spiro atoms. The molecule has 1 aromatic heterocycles. The van der Waals surface area contributed by atoms with Gasteiger partial charge >= 0.3 is 5.97 Å². The number of nitrogens with one attached hydrogen (secondary N) is 1. The number of carbonyl (C=O) groups excluding carboxylic acids is 2. The van der Waals surface area contributed by atoms with Crippen LogP contribution < -0.4 is 5.32 Å². The number of anilines is 1. The van der Waals surface area contributed by atoms with Gasteiger partial charge in [0.15, 0.2) is 11.2 Å². The van der Waals surface area contributed by atoms with Crippen LogP contribution in [-0.2, 0) is 16.0 Å². The first-order chi connectivity index (χ1) is 13.5. The molecular formula is C21H19ClN2O3S. The van der Waals surface area contributed by atoms with E-state index in [1.165, 1.54) is 29.9 Å². The fourth-order valence-corrected chi connectivity index (χ4v) is 3.39. The second-order valence-electron chi connectivity index (χ2n) is 6.14. The molecule has 1 atom stereocenters. The SMILES string of the molecule is CCc1ccc(-c2csc(NC(=O)[C@@H](C)OC(=O)c3cccc(Cl)c3)n2)cc1. The quantitative estimate of drug-likeness (QED) is 0.562. The van der Waals surface area contributed by atoms with E-state index in [0.717, 1.165) is 17.7 Å². The van der Waals surface area contributed by atoms with Gasteiger partial charge in [-0.1, -0.05) is 48.9 Å². The van der Waals surface area contributed by atoms with Crippen molar-refractivity contribution in [1.82, 2.24) is 4.98 Å². The van der Waals surface area contributed by atoms with E-state index >= 15 is 0 Å². The maximum atomic E-state index is 12.3. The van der Waals surface area contributed by atoms with Gasteiger partial charge in [0.2, 0.25) is 0 Å². The van der Waals surface area contributed by atoms with E-state index in [9.17, 15) is 9.59 Å². The first-order valence-corrected chi connectivity index (χ1v) is 10.0. The predicted octanol–water partition coefficient (Wildman–Crippen LogP) is 5.21. The maximum Gasteiger partial charge on any atom is 0.338 e. The molecule has 2 aromatic carbocycles. The Balaban J connectivity index is 1.61. The van der Waals surface area contributed by atoms with Gasteiger partial charge in [0.1, 0.15) is 0 Å². The van der Waals surface area contributed by atoms with Crippen molar-refractivity contribution >= 4 is 39.9 Å². The lowest BCUT2D eigenvalue weighted by Crippen LogP contribution is -2.29. The topological polar surface area (TPSA) is 68.3 Å². The van der Waals surface area contributed by atoms with Crippen LogP contribution in [0.4, 0.5) is 5.13 Å². The van der Waals surface area contributed by atoms with Crippen molar-refractivity contribution in [2.75, 3.05) is 5.32 Å². The lowest BCUT2D eigenvalue weighted by Gasteiger charge is -2.12. The number of rotatable bonds is 6. The third-order valence-corrected chi connectivity index (χ3v) is 5.10. The first kappa shape index (κ1) is 20.0. The van der Waals surface area contributed by atoms with Gasteiger partial charge < -0.3 is 4.74 Å². The van der Waals surface area contributed by atoms with Crippen LogP contribution in [0.25, 0.3) is 11.3 Å². The van der Waals surface area contributed by atoms with E-state index in [1.54, 1.807) is 18.2 Å². The number of ether oxygens (including phenoxy) is 1. The Kier molecular flexibility index (Phi) is 6.44. The van der Waals surface area contributed by atoms with Gasteiger partial charge in [0, 0.05) is 16.0 Å². The standard InChI is InChI=1S/C21H19ClN2O3S/c1-3-14-7-9-15(10-8-14)18-12-28-21(23-18)24-19(25)13(2)27-20(26)16-5-4-6-17(22)11-16/h4-13H,3H2,1-2H3,(H,23,24,25)/t13-/m1/s1. The molecule has 1 heterocycles. The Labute approximate surface area is 172 Å². The molecule has 3 aromatic rings. The highest BCUT2D eigenvalue weighted by molar-refractivity contribution is 7.14. The number of thiazole rings is 1. The van der Waals surface area contributed by atoms with Crippen LogP contribution in [0.5, 0.6) is 0 Å². The molecular weight excluding hydrogens is 396 g/mol.